The van der Waals surface area contributed by atoms with Gasteiger partial charge in [0.1, 0.15) is 6.04 Å². The molecule has 2 saturated heterocycles. The number of rotatable bonds is 5. The van der Waals surface area contributed by atoms with Crippen molar-refractivity contribution in [1.82, 2.24) is 9.21 Å². The van der Waals surface area contributed by atoms with E-state index in [0.717, 1.165) is 5.39 Å². The zero-order valence-electron chi connectivity index (χ0n) is 18.0. The molecule has 172 valence electrons. The lowest BCUT2D eigenvalue weighted by atomic mass is 9.96. The first-order valence-corrected chi connectivity index (χ1v) is 12.9. The van der Waals surface area contributed by atoms with Gasteiger partial charge in [-0.3, -0.25) is 9.59 Å². The van der Waals surface area contributed by atoms with Crippen LogP contribution in [0.5, 0.6) is 0 Å². The predicted octanol–water partition coefficient (Wildman–Crippen LogP) is 2.70. The molecular formula is C23H28N2O5S2. The molecule has 0 aliphatic carbocycles. The van der Waals surface area contributed by atoms with Crippen molar-refractivity contribution in [3.63, 3.8) is 0 Å². The van der Waals surface area contributed by atoms with Gasteiger partial charge in [0.25, 0.3) is 0 Å². The highest BCUT2D eigenvalue weighted by Gasteiger charge is 2.45. The van der Waals surface area contributed by atoms with E-state index in [9.17, 15) is 18.0 Å². The van der Waals surface area contributed by atoms with E-state index in [1.807, 2.05) is 24.3 Å². The summed E-state index contributed by atoms with van der Waals surface area (Å²) < 4.78 is 33.7. The fourth-order valence-corrected chi connectivity index (χ4v) is 6.97. The Hall–Kier alpha value is -2.10. The third kappa shape index (κ3) is 4.38. The largest absolute Gasteiger partial charge is 0.466 e. The van der Waals surface area contributed by atoms with Gasteiger partial charge in [0, 0.05) is 30.3 Å². The Morgan fingerprint density at radius 1 is 1.09 bits per heavy atom. The van der Waals surface area contributed by atoms with Crippen LogP contribution in [0.25, 0.3) is 10.8 Å². The SMILES string of the molecule is CCOC(=O)C1CCN(C(=O)C2CC(S)CN2S(=O)(=O)c2cccc3ccccc23)CC1. The average molecular weight is 477 g/mol. The highest BCUT2D eigenvalue weighted by molar-refractivity contribution is 7.89. The van der Waals surface area contributed by atoms with Crippen molar-refractivity contribution in [1.29, 1.82) is 0 Å². The van der Waals surface area contributed by atoms with E-state index in [0.29, 0.717) is 44.3 Å². The van der Waals surface area contributed by atoms with Gasteiger partial charge in [0.2, 0.25) is 15.9 Å². The van der Waals surface area contributed by atoms with Crippen molar-refractivity contribution >= 4 is 45.3 Å². The minimum atomic E-state index is -3.90. The van der Waals surface area contributed by atoms with Crippen LogP contribution in [0.15, 0.2) is 47.4 Å². The number of benzene rings is 2. The van der Waals surface area contributed by atoms with Gasteiger partial charge in [0.05, 0.1) is 17.4 Å². The van der Waals surface area contributed by atoms with Crippen molar-refractivity contribution < 1.29 is 22.7 Å². The number of hydrogen-bond acceptors (Lipinski definition) is 6. The van der Waals surface area contributed by atoms with Gasteiger partial charge in [-0.15, -0.1) is 0 Å². The number of piperidine rings is 1. The van der Waals surface area contributed by atoms with Gasteiger partial charge in [-0.2, -0.15) is 16.9 Å². The van der Waals surface area contributed by atoms with Crippen molar-refractivity contribution in [2.75, 3.05) is 26.2 Å². The van der Waals surface area contributed by atoms with E-state index >= 15 is 0 Å². The molecule has 0 radical (unpaired) electrons. The third-order valence-electron chi connectivity index (χ3n) is 6.28. The number of thiol groups is 1. The number of carbonyl (C=O) groups excluding carboxylic acids is 2. The molecule has 0 aromatic heterocycles. The summed E-state index contributed by atoms with van der Waals surface area (Å²) in [5.74, 6) is -0.653. The molecule has 9 heteroatoms. The minimum absolute atomic E-state index is 0.185. The molecule has 2 aliphatic rings. The molecule has 0 N–H and O–H groups in total. The van der Waals surface area contributed by atoms with Crippen LogP contribution in [0.4, 0.5) is 0 Å². The second-order valence-corrected chi connectivity index (χ2v) is 10.9. The first-order chi connectivity index (χ1) is 15.3. The second kappa shape index (κ2) is 9.41. The van der Waals surface area contributed by atoms with Crippen molar-refractivity contribution in [3.05, 3.63) is 42.5 Å². The van der Waals surface area contributed by atoms with Crippen LogP contribution in [0.3, 0.4) is 0 Å². The maximum absolute atomic E-state index is 13.7. The Bertz CT molecular complexity index is 1110. The Kier molecular flexibility index (Phi) is 6.78. The second-order valence-electron chi connectivity index (χ2n) is 8.31. The number of esters is 1. The number of carbonyl (C=O) groups is 2. The van der Waals surface area contributed by atoms with Crippen LogP contribution in [-0.4, -0.2) is 67.0 Å². The molecule has 0 spiro atoms. The van der Waals surface area contributed by atoms with Crippen molar-refractivity contribution in [3.8, 4) is 0 Å². The van der Waals surface area contributed by atoms with Crippen LogP contribution in [0.1, 0.15) is 26.2 Å². The van der Waals surface area contributed by atoms with Crippen molar-refractivity contribution in [2.24, 2.45) is 5.92 Å². The molecule has 4 rings (SSSR count). The summed E-state index contributed by atoms with van der Waals surface area (Å²) in [6, 6.07) is 11.7. The normalized spacial score (nSPS) is 22.9. The first-order valence-electron chi connectivity index (χ1n) is 11.0. The van der Waals surface area contributed by atoms with E-state index < -0.39 is 16.1 Å². The summed E-state index contributed by atoms with van der Waals surface area (Å²) in [4.78, 5) is 27.3. The number of fused-ring (bicyclic) bond motifs is 1. The molecule has 2 aromatic rings. The maximum Gasteiger partial charge on any atom is 0.309 e. The average Bonchev–Trinajstić information content (AvgIpc) is 3.21. The van der Waals surface area contributed by atoms with E-state index in [-0.39, 0.29) is 34.5 Å². The molecule has 0 bridgehead atoms. The molecule has 7 nitrogen and oxygen atoms in total. The topological polar surface area (TPSA) is 84.0 Å². The molecule has 2 aliphatic heterocycles. The van der Waals surface area contributed by atoms with Crippen LogP contribution in [0.2, 0.25) is 0 Å². The molecule has 2 heterocycles. The van der Waals surface area contributed by atoms with Gasteiger partial charge in [-0.05, 0) is 37.6 Å². The first kappa shape index (κ1) is 23.1. The smallest absolute Gasteiger partial charge is 0.309 e. The van der Waals surface area contributed by atoms with Gasteiger partial charge in [-0.25, -0.2) is 8.42 Å². The summed E-state index contributed by atoms with van der Waals surface area (Å²) >= 11 is 4.51. The van der Waals surface area contributed by atoms with Crippen LogP contribution in [0, 0.1) is 5.92 Å². The molecule has 2 fully saturated rings. The van der Waals surface area contributed by atoms with Gasteiger partial charge < -0.3 is 9.64 Å². The zero-order chi connectivity index (χ0) is 22.9. The molecule has 2 atom stereocenters. The minimum Gasteiger partial charge on any atom is -0.466 e. The summed E-state index contributed by atoms with van der Waals surface area (Å²) in [6.07, 6.45) is 1.42. The molecule has 2 aromatic carbocycles. The summed E-state index contributed by atoms with van der Waals surface area (Å²) in [5.41, 5.74) is 0. The summed E-state index contributed by atoms with van der Waals surface area (Å²) in [7, 11) is -3.90. The molecule has 0 saturated carbocycles. The summed E-state index contributed by atoms with van der Waals surface area (Å²) in [5, 5.41) is 1.25. The van der Waals surface area contributed by atoms with Gasteiger partial charge in [0.15, 0.2) is 0 Å². The monoisotopic (exact) mass is 476 g/mol. The number of ether oxygens (including phenoxy) is 1. The Balaban J connectivity index is 1.56. The van der Waals surface area contributed by atoms with E-state index in [1.54, 1.807) is 30.0 Å². The lowest BCUT2D eigenvalue weighted by Crippen LogP contribution is -2.50. The van der Waals surface area contributed by atoms with E-state index in [4.69, 9.17) is 4.74 Å². The van der Waals surface area contributed by atoms with Gasteiger partial charge in [-0.1, -0.05) is 36.4 Å². The van der Waals surface area contributed by atoms with Crippen molar-refractivity contribution in [2.45, 2.75) is 42.4 Å². The third-order valence-corrected chi connectivity index (χ3v) is 8.59. The molecule has 2 unspecified atom stereocenters. The number of likely N-dealkylation sites (tertiary alicyclic amines) is 1. The van der Waals surface area contributed by atoms with E-state index in [2.05, 4.69) is 12.6 Å². The molecule has 32 heavy (non-hydrogen) atoms. The number of amides is 1. The number of nitrogens with zero attached hydrogens (tertiary/aromatic N) is 2. The predicted molar refractivity (Wildman–Crippen MR) is 125 cm³/mol. The Morgan fingerprint density at radius 3 is 2.50 bits per heavy atom. The molecular weight excluding hydrogens is 448 g/mol. The zero-order valence-corrected chi connectivity index (χ0v) is 19.7. The van der Waals surface area contributed by atoms with E-state index in [1.165, 1.54) is 4.31 Å². The highest BCUT2D eigenvalue weighted by atomic mass is 32.2. The van der Waals surface area contributed by atoms with Crippen LogP contribution in [-0.2, 0) is 24.3 Å². The highest BCUT2D eigenvalue weighted by Crippen LogP contribution is 2.33. The quantitative estimate of drug-likeness (QED) is 0.530. The lowest BCUT2D eigenvalue weighted by molar-refractivity contribution is -0.151. The standard InChI is InChI=1S/C23H28N2O5S2/c1-2-30-23(27)17-10-12-24(13-11-17)22(26)20-14-18(31)15-25(20)32(28,29)21-9-5-7-16-6-3-4-8-19(16)21/h3-9,17-18,20,31H,2,10-15H2,1H3. The molecule has 1 amide bonds. The van der Waals surface area contributed by atoms with Gasteiger partial charge >= 0.3 is 5.97 Å². The fourth-order valence-electron chi connectivity index (χ4n) is 4.63. The lowest BCUT2D eigenvalue weighted by Gasteiger charge is -2.34. The fraction of sp³-hybridized carbons (Fsp3) is 0.478. The number of sulfonamides is 1. The number of hydrogen-bond donors (Lipinski definition) is 1. The van der Waals surface area contributed by atoms with Crippen LogP contribution >= 0.6 is 12.6 Å². The Morgan fingerprint density at radius 2 is 1.78 bits per heavy atom. The Labute approximate surface area is 194 Å². The maximum atomic E-state index is 13.7. The summed E-state index contributed by atoms with van der Waals surface area (Å²) in [6.45, 7) is 3.13. The van der Waals surface area contributed by atoms with Crippen LogP contribution < -0.4 is 0 Å².